The fourth-order valence-electron chi connectivity index (χ4n) is 2.63. The van der Waals surface area contributed by atoms with Crippen LogP contribution in [0.1, 0.15) is 36.8 Å². The molecule has 2 unspecified atom stereocenters. The maximum absolute atomic E-state index is 9.64. The van der Waals surface area contributed by atoms with Crippen LogP contribution in [0.15, 0.2) is 24.3 Å². The molecule has 0 aliphatic carbocycles. The minimum atomic E-state index is -0.0825. The molecule has 2 aromatic rings. The Labute approximate surface area is 210 Å². The molecule has 0 amide bonds. The Morgan fingerprint density at radius 3 is 1.84 bits per heavy atom. The van der Waals surface area contributed by atoms with Crippen LogP contribution in [0.4, 0.5) is 0 Å². The van der Waals surface area contributed by atoms with Crippen molar-refractivity contribution in [1.29, 1.82) is 5.26 Å². The zero-order valence-electron chi connectivity index (χ0n) is 17.9. The lowest BCUT2D eigenvalue weighted by Gasteiger charge is -2.16. The number of hydrogen-bond donors (Lipinski definition) is 3. The summed E-state index contributed by atoms with van der Waals surface area (Å²) in [6, 6.07) is 8.99. The molecule has 2 aromatic carbocycles. The molecule has 0 saturated carbocycles. The number of ether oxygens (including phenoxy) is 3. The predicted octanol–water partition coefficient (Wildman–Crippen LogP) is 4.40. The largest absolute Gasteiger partial charge is 0.508 e. The number of phenolic OH excluding ortho intramolecular Hbond substituents is 1. The summed E-state index contributed by atoms with van der Waals surface area (Å²) in [5.74, 6) is 2.15. The van der Waals surface area contributed by atoms with Crippen LogP contribution >= 0.6 is 45.2 Å². The molecular formula is C22H27I2NO6. The van der Waals surface area contributed by atoms with Gasteiger partial charge in [-0.05, 0) is 69.4 Å². The number of aliphatic hydroxyl groups is 2. The molecule has 0 radical (unpaired) electrons. The van der Waals surface area contributed by atoms with E-state index in [4.69, 9.17) is 24.6 Å². The quantitative estimate of drug-likeness (QED) is 0.362. The topological polar surface area (TPSA) is 112 Å². The van der Waals surface area contributed by atoms with Crippen molar-refractivity contribution in [2.24, 2.45) is 0 Å². The SMILES string of the molecule is COc1cc(C(C)CO)c(O)cc1I.COc1cc(C(C)CO)c(OCC#N)cc1I. The number of nitriles is 1. The van der Waals surface area contributed by atoms with Crippen molar-refractivity contribution in [3.05, 3.63) is 42.5 Å². The first-order valence-electron chi connectivity index (χ1n) is 9.39. The first-order valence-corrected chi connectivity index (χ1v) is 11.5. The molecule has 170 valence electrons. The van der Waals surface area contributed by atoms with E-state index in [0.717, 1.165) is 24.2 Å². The van der Waals surface area contributed by atoms with E-state index in [1.165, 1.54) is 0 Å². The van der Waals surface area contributed by atoms with Crippen LogP contribution in [0.25, 0.3) is 0 Å². The minimum Gasteiger partial charge on any atom is -0.508 e. The van der Waals surface area contributed by atoms with Crippen molar-refractivity contribution >= 4 is 45.2 Å². The highest BCUT2D eigenvalue weighted by atomic mass is 127. The second-order valence-corrected chi connectivity index (χ2v) is 9.01. The van der Waals surface area contributed by atoms with Gasteiger partial charge in [0.1, 0.15) is 29.1 Å². The van der Waals surface area contributed by atoms with Gasteiger partial charge in [0.25, 0.3) is 0 Å². The molecule has 0 bridgehead atoms. The third kappa shape index (κ3) is 7.85. The Kier molecular flexibility index (Phi) is 12.3. The van der Waals surface area contributed by atoms with Crippen molar-refractivity contribution in [2.75, 3.05) is 34.0 Å². The van der Waals surface area contributed by atoms with Gasteiger partial charge in [-0.1, -0.05) is 13.8 Å². The molecule has 2 rings (SSSR count). The maximum atomic E-state index is 9.64. The molecular weight excluding hydrogens is 628 g/mol. The van der Waals surface area contributed by atoms with Crippen LogP contribution in [0, 0.1) is 18.5 Å². The van der Waals surface area contributed by atoms with Gasteiger partial charge >= 0.3 is 0 Å². The number of aliphatic hydroxyl groups excluding tert-OH is 2. The fourth-order valence-corrected chi connectivity index (χ4v) is 3.96. The van der Waals surface area contributed by atoms with E-state index in [1.54, 1.807) is 26.4 Å². The number of benzene rings is 2. The highest BCUT2D eigenvalue weighted by Crippen LogP contribution is 2.35. The lowest BCUT2D eigenvalue weighted by molar-refractivity contribution is 0.267. The molecule has 0 saturated heterocycles. The molecule has 2 atom stereocenters. The van der Waals surface area contributed by atoms with Gasteiger partial charge in [0.15, 0.2) is 6.61 Å². The van der Waals surface area contributed by atoms with Crippen LogP contribution in [0.3, 0.4) is 0 Å². The molecule has 0 spiro atoms. The number of methoxy groups -OCH3 is 2. The summed E-state index contributed by atoms with van der Waals surface area (Å²) in [5, 5.41) is 36.4. The monoisotopic (exact) mass is 655 g/mol. The highest BCUT2D eigenvalue weighted by Gasteiger charge is 2.15. The number of halogens is 2. The zero-order valence-corrected chi connectivity index (χ0v) is 22.2. The van der Waals surface area contributed by atoms with Gasteiger partial charge in [-0.3, -0.25) is 0 Å². The minimum absolute atomic E-state index is 0.00639. The zero-order chi connectivity index (χ0) is 23.6. The molecule has 9 heteroatoms. The van der Waals surface area contributed by atoms with Crippen molar-refractivity contribution in [1.82, 2.24) is 0 Å². The summed E-state index contributed by atoms with van der Waals surface area (Å²) in [5.41, 5.74) is 1.56. The Hall–Kier alpha value is -1.49. The molecule has 0 aromatic heterocycles. The molecule has 0 fully saturated rings. The lowest BCUT2D eigenvalue weighted by atomic mass is 10.0. The second-order valence-electron chi connectivity index (χ2n) is 6.68. The van der Waals surface area contributed by atoms with Crippen molar-refractivity contribution in [2.45, 2.75) is 25.7 Å². The third-order valence-corrected chi connectivity index (χ3v) is 6.17. The van der Waals surface area contributed by atoms with Crippen LogP contribution in [-0.2, 0) is 0 Å². The van der Waals surface area contributed by atoms with E-state index >= 15 is 0 Å². The van der Waals surface area contributed by atoms with E-state index in [0.29, 0.717) is 11.3 Å². The molecule has 0 aliphatic heterocycles. The van der Waals surface area contributed by atoms with Crippen LogP contribution < -0.4 is 14.2 Å². The van der Waals surface area contributed by atoms with Crippen molar-refractivity contribution < 1.29 is 29.5 Å². The van der Waals surface area contributed by atoms with Gasteiger partial charge in [-0.2, -0.15) is 5.26 Å². The summed E-state index contributed by atoms with van der Waals surface area (Å²) in [6.07, 6.45) is 0. The number of nitrogens with zero attached hydrogens (tertiary/aromatic N) is 1. The van der Waals surface area contributed by atoms with E-state index in [1.807, 2.05) is 32.0 Å². The van der Waals surface area contributed by atoms with E-state index in [-0.39, 0.29) is 37.4 Å². The van der Waals surface area contributed by atoms with Gasteiger partial charge in [-0.25, -0.2) is 0 Å². The standard InChI is InChI=1S/C12H14INO3.C10H13IO3/c1-8(7-15)9-5-12(16-2)10(13)6-11(9)17-4-3-14;1-6(5-12)7-3-10(14-2)8(11)4-9(7)13/h5-6,8,15H,4,7H2,1-2H3;3-4,6,12-13H,5H2,1-2H3. The number of phenols is 1. The predicted molar refractivity (Wildman–Crippen MR) is 135 cm³/mol. The van der Waals surface area contributed by atoms with Crippen LogP contribution in [0.2, 0.25) is 0 Å². The lowest BCUT2D eigenvalue weighted by Crippen LogP contribution is -2.05. The van der Waals surface area contributed by atoms with Gasteiger partial charge < -0.3 is 29.5 Å². The molecule has 0 aliphatic rings. The van der Waals surface area contributed by atoms with Crippen LogP contribution in [0.5, 0.6) is 23.0 Å². The van der Waals surface area contributed by atoms with Gasteiger partial charge in [0, 0.05) is 36.2 Å². The molecule has 0 heterocycles. The summed E-state index contributed by atoms with van der Waals surface area (Å²) in [6.45, 7) is 3.76. The Bertz CT molecular complexity index is 901. The molecule has 3 N–H and O–H groups in total. The number of aromatic hydroxyl groups is 1. The van der Waals surface area contributed by atoms with Crippen molar-refractivity contribution in [3.63, 3.8) is 0 Å². The Morgan fingerprint density at radius 1 is 0.871 bits per heavy atom. The van der Waals surface area contributed by atoms with Gasteiger partial charge in [0.05, 0.1) is 21.4 Å². The van der Waals surface area contributed by atoms with Crippen LogP contribution in [-0.4, -0.2) is 49.4 Å². The van der Waals surface area contributed by atoms with Crippen molar-refractivity contribution in [3.8, 4) is 29.1 Å². The Morgan fingerprint density at radius 2 is 1.35 bits per heavy atom. The average molecular weight is 655 g/mol. The van der Waals surface area contributed by atoms with Gasteiger partial charge in [-0.15, -0.1) is 0 Å². The molecule has 7 nitrogen and oxygen atoms in total. The van der Waals surface area contributed by atoms with E-state index < -0.39 is 0 Å². The highest BCUT2D eigenvalue weighted by molar-refractivity contribution is 14.1. The second kappa shape index (κ2) is 13.8. The summed E-state index contributed by atoms with van der Waals surface area (Å²) in [7, 11) is 3.18. The summed E-state index contributed by atoms with van der Waals surface area (Å²) >= 11 is 4.23. The maximum Gasteiger partial charge on any atom is 0.174 e. The number of rotatable bonds is 8. The summed E-state index contributed by atoms with van der Waals surface area (Å²) < 4.78 is 17.5. The van der Waals surface area contributed by atoms with E-state index in [2.05, 4.69) is 45.2 Å². The summed E-state index contributed by atoms with van der Waals surface area (Å²) in [4.78, 5) is 0. The van der Waals surface area contributed by atoms with E-state index in [9.17, 15) is 10.2 Å². The smallest absolute Gasteiger partial charge is 0.174 e. The Balaban J connectivity index is 0.000000316. The third-order valence-electron chi connectivity index (χ3n) is 4.49. The molecule has 31 heavy (non-hydrogen) atoms. The average Bonchev–Trinajstić information content (AvgIpc) is 2.77. The fraction of sp³-hybridized carbons (Fsp3) is 0.409. The first-order chi connectivity index (χ1) is 14.7. The first kappa shape index (κ1) is 27.5. The van der Waals surface area contributed by atoms with Gasteiger partial charge in [0.2, 0.25) is 0 Å². The normalized spacial score (nSPS) is 12.1. The number of hydrogen-bond acceptors (Lipinski definition) is 7.